The van der Waals surface area contributed by atoms with E-state index in [4.69, 9.17) is 5.11 Å². The Hall–Kier alpha value is -1.69. The van der Waals surface area contributed by atoms with Gasteiger partial charge in [0.05, 0.1) is 6.20 Å². The summed E-state index contributed by atoms with van der Waals surface area (Å²) in [5, 5.41) is 14.0. The molecule has 0 saturated heterocycles. The van der Waals surface area contributed by atoms with Crippen LogP contribution in [0.5, 0.6) is 0 Å². The number of hydrogen-bond donors (Lipinski definition) is 3. The molecule has 2 heterocycles. The predicted octanol–water partition coefficient (Wildman–Crippen LogP) is -0.841. The lowest BCUT2D eigenvalue weighted by atomic mass is 10.3. The van der Waals surface area contributed by atoms with Gasteiger partial charge in [0.1, 0.15) is 12.0 Å². The van der Waals surface area contributed by atoms with Crippen LogP contribution in [-0.2, 0) is 4.79 Å². The normalized spacial score (nSPS) is 20.8. The summed E-state index contributed by atoms with van der Waals surface area (Å²) in [5.41, 5.74) is 0.479. The number of rotatable bonds is 0. The molecule has 1 amide bonds. The minimum atomic E-state index is -1.23. The van der Waals surface area contributed by atoms with Gasteiger partial charge >= 0.3 is 0 Å². The van der Waals surface area contributed by atoms with Crippen LogP contribution >= 0.6 is 0 Å². The third kappa shape index (κ3) is 0.978. The van der Waals surface area contributed by atoms with E-state index < -0.39 is 12.1 Å². The average Bonchev–Trinajstić information content (AvgIpc) is 2.07. The van der Waals surface area contributed by atoms with Gasteiger partial charge in [0, 0.05) is 0 Å². The van der Waals surface area contributed by atoms with Gasteiger partial charge < -0.3 is 15.7 Å². The molecule has 0 radical (unpaired) electrons. The maximum Gasteiger partial charge on any atom is 0.274 e. The molecule has 6 heteroatoms. The van der Waals surface area contributed by atoms with E-state index in [1.807, 2.05) is 0 Å². The van der Waals surface area contributed by atoms with Gasteiger partial charge in [-0.1, -0.05) is 0 Å². The zero-order chi connectivity index (χ0) is 8.55. The molecule has 1 atom stereocenters. The first-order valence-electron chi connectivity index (χ1n) is 3.33. The molecule has 1 aliphatic heterocycles. The lowest BCUT2D eigenvalue weighted by Crippen LogP contribution is -2.38. The van der Waals surface area contributed by atoms with E-state index in [2.05, 4.69) is 20.6 Å². The summed E-state index contributed by atoms with van der Waals surface area (Å²) in [4.78, 5) is 18.4. The number of carbonyl (C=O) groups is 1. The Morgan fingerprint density at radius 3 is 3.25 bits per heavy atom. The lowest BCUT2D eigenvalue weighted by molar-refractivity contribution is -0.123. The van der Waals surface area contributed by atoms with Gasteiger partial charge in [-0.05, 0) is 0 Å². The van der Waals surface area contributed by atoms with Crippen molar-refractivity contribution in [2.45, 2.75) is 6.23 Å². The van der Waals surface area contributed by atoms with Crippen LogP contribution in [0.15, 0.2) is 12.5 Å². The number of carbonyl (C=O) groups excluding carboxylic acids is 1. The fourth-order valence-corrected chi connectivity index (χ4v) is 0.932. The van der Waals surface area contributed by atoms with Crippen LogP contribution in [0.1, 0.15) is 0 Å². The number of fused-ring (bicyclic) bond motifs is 1. The van der Waals surface area contributed by atoms with Gasteiger partial charge in [-0.25, -0.2) is 9.97 Å². The molecule has 6 nitrogen and oxygen atoms in total. The summed E-state index contributed by atoms with van der Waals surface area (Å²) < 4.78 is 0. The highest BCUT2D eigenvalue weighted by Crippen LogP contribution is 2.20. The topological polar surface area (TPSA) is 87.1 Å². The molecule has 1 aromatic heterocycles. The first kappa shape index (κ1) is 6.99. The second-order valence-electron chi connectivity index (χ2n) is 2.32. The van der Waals surface area contributed by atoms with Crippen molar-refractivity contribution in [2.24, 2.45) is 0 Å². The number of aromatic nitrogens is 2. The largest absolute Gasteiger partial charge is 0.365 e. The predicted molar refractivity (Wildman–Crippen MR) is 40.3 cm³/mol. The molecule has 12 heavy (non-hydrogen) atoms. The molecule has 0 fully saturated rings. The first-order valence-corrected chi connectivity index (χ1v) is 3.33. The summed E-state index contributed by atoms with van der Waals surface area (Å²) in [7, 11) is 0. The van der Waals surface area contributed by atoms with Crippen LogP contribution in [0.4, 0.5) is 11.5 Å². The molecule has 0 saturated carbocycles. The zero-order valence-corrected chi connectivity index (χ0v) is 5.98. The number of amides is 1. The third-order valence-electron chi connectivity index (χ3n) is 1.49. The molecule has 0 aromatic carbocycles. The number of nitrogens with zero attached hydrogens (tertiary/aromatic N) is 2. The van der Waals surface area contributed by atoms with E-state index in [-0.39, 0.29) is 0 Å². The summed E-state index contributed by atoms with van der Waals surface area (Å²) in [5.74, 6) is -0.0746. The Morgan fingerprint density at radius 1 is 1.58 bits per heavy atom. The van der Waals surface area contributed by atoms with Crippen LogP contribution < -0.4 is 10.6 Å². The molecule has 0 aliphatic carbocycles. The van der Waals surface area contributed by atoms with Gasteiger partial charge in [0.15, 0.2) is 5.82 Å². The molecule has 2 rings (SSSR count). The maximum atomic E-state index is 10.9. The fourth-order valence-electron chi connectivity index (χ4n) is 0.932. The van der Waals surface area contributed by atoms with Crippen molar-refractivity contribution in [1.82, 2.24) is 9.97 Å². The number of anilines is 2. The molecule has 1 aliphatic rings. The molecular formula is C6H6N4O2. The number of hydrogen-bond acceptors (Lipinski definition) is 5. The Bertz CT molecular complexity index is 327. The van der Waals surface area contributed by atoms with Crippen LogP contribution in [0, 0.1) is 0 Å². The highest BCUT2D eigenvalue weighted by molar-refractivity contribution is 6.00. The molecule has 62 valence electrons. The van der Waals surface area contributed by atoms with Crippen molar-refractivity contribution >= 4 is 17.4 Å². The van der Waals surface area contributed by atoms with Crippen molar-refractivity contribution < 1.29 is 9.90 Å². The summed E-state index contributed by atoms with van der Waals surface area (Å²) in [6.07, 6.45) is 1.56. The Morgan fingerprint density at radius 2 is 2.42 bits per heavy atom. The zero-order valence-electron chi connectivity index (χ0n) is 5.98. The van der Waals surface area contributed by atoms with Crippen molar-refractivity contribution in [3.05, 3.63) is 12.5 Å². The van der Waals surface area contributed by atoms with Gasteiger partial charge in [-0.3, -0.25) is 4.79 Å². The van der Waals surface area contributed by atoms with Crippen LogP contribution in [0.2, 0.25) is 0 Å². The Labute approximate surface area is 67.7 Å². The summed E-state index contributed by atoms with van der Waals surface area (Å²) in [6, 6.07) is 0. The lowest BCUT2D eigenvalue weighted by Gasteiger charge is -2.20. The second kappa shape index (κ2) is 2.42. The smallest absolute Gasteiger partial charge is 0.274 e. The van der Waals surface area contributed by atoms with Crippen LogP contribution in [0.25, 0.3) is 0 Å². The van der Waals surface area contributed by atoms with Crippen molar-refractivity contribution in [3.63, 3.8) is 0 Å². The van der Waals surface area contributed by atoms with E-state index in [1.165, 1.54) is 12.5 Å². The standard InChI is InChI=1S/C6H6N4O2/c11-5-6(12)10-4-3(9-5)1-7-2-8-4/h1-2,6,12H,(H,9,11)(H,7,8,10). The quantitative estimate of drug-likeness (QED) is 0.467. The summed E-state index contributed by atoms with van der Waals surface area (Å²) in [6.45, 7) is 0. The first-order chi connectivity index (χ1) is 5.77. The molecule has 3 N–H and O–H groups in total. The highest BCUT2D eigenvalue weighted by atomic mass is 16.3. The number of nitrogens with one attached hydrogen (secondary N) is 2. The van der Waals surface area contributed by atoms with Gasteiger partial charge in [-0.2, -0.15) is 0 Å². The van der Waals surface area contributed by atoms with E-state index in [0.717, 1.165) is 0 Å². The highest BCUT2D eigenvalue weighted by Gasteiger charge is 2.23. The molecule has 0 spiro atoms. The summed E-state index contributed by atoms with van der Waals surface area (Å²) >= 11 is 0. The third-order valence-corrected chi connectivity index (χ3v) is 1.49. The molecular weight excluding hydrogens is 160 g/mol. The second-order valence-corrected chi connectivity index (χ2v) is 2.32. The maximum absolute atomic E-state index is 10.9. The SMILES string of the molecule is O=C1Nc2cncnc2NC1O. The monoisotopic (exact) mass is 166 g/mol. The van der Waals surface area contributed by atoms with Crippen LogP contribution in [-0.4, -0.2) is 27.2 Å². The van der Waals surface area contributed by atoms with E-state index in [0.29, 0.717) is 11.5 Å². The van der Waals surface area contributed by atoms with Gasteiger partial charge in [0.2, 0.25) is 6.23 Å². The number of aliphatic hydroxyl groups is 1. The minimum absolute atomic E-state index is 0.428. The van der Waals surface area contributed by atoms with Crippen molar-refractivity contribution in [2.75, 3.05) is 10.6 Å². The average molecular weight is 166 g/mol. The molecule has 0 bridgehead atoms. The molecule has 1 aromatic rings. The molecule has 1 unspecified atom stereocenters. The Balaban J connectivity index is 2.40. The van der Waals surface area contributed by atoms with Crippen LogP contribution in [0.3, 0.4) is 0 Å². The Kier molecular flexibility index (Phi) is 1.41. The minimum Gasteiger partial charge on any atom is -0.365 e. The van der Waals surface area contributed by atoms with Gasteiger partial charge in [-0.15, -0.1) is 0 Å². The van der Waals surface area contributed by atoms with Gasteiger partial charge in [0.25, 0.3) is 5.91 Å². The van der Waals surface area contributed by atoms with Crippen molar-refractivity contribution in [3.8, 4) is 0 Å². The van der Waals surface area contributed by atoms with E-state index in [9.17, 15) is 4.79 Å². The fraction of sp³-hybridized carbons (Fsp3) is 0.167. The van der Waals surface area contributed by atoms with E-state index in [1.54, 1.807) is 0 Å². The van der Waals surface area contributed by atoms with E-state index >= 15 is 0 Å². The number of aliphatic hydroxyl groups excluding tert-OH is 1. The van der Waals surface area contributed by atoms with Crippen molar-refractivity contribution in [1.29, 1.82) is 0 Å².